The lowest BCUT2D eigenvalue weighted by atomic mass is 10.0. The van der Waals surface area contributed by atoms with Crippen molar-refractivity contribution in [1.29, 1.82) is 0 Å². The maximum atomic E-state index is 13.1. The minimum Gasteiger partial charge on any atom is -0.505 e. The Morgan fingerprint density at radius 3 is 2.83 bits per heavy atom. The van der Waals surface area contributed by atoms with E-state index in [1.54, 1.807) is 12.1 Å². The molecule has 0 aliphatic rings. The van der Waals surface area contributed by atoms with Crippen LogP contribution in [-0.4, -0.2) is 11.7 Å². The molecule has 0 aromatic heterocycles. The summed E-state index contributed by atoms with van der Waals surface area (Å²) in [6.07, 6.45) is 0. The van der Waals surface area contributed by atoms with Crippen molar-refractivity contribution in [2.45, 2.75) is 12.8 Å². The van der Waals surface area contributed by atoms with Crippen molar-refractivity contribution < 1.29 is 9.50 Å². The molecule has 66 valence electrons. The smallest absolute Gasteiger partial charge is 0.168 e. The van der Waals surface area contributed by atoms with Crippen molar-refractivity contribution in [3.8, 4) is 5.75 Å². The Morgan fingerprint density at radius 2 is 2.25 bits per heavy atom. The van der Waals surface area contributed by atoms with Crippen LogP contribution in [0.2, 0.25) is 0 Å². The average Bonchev–Trinajstić information content (AvgIpc) is 2.08. The highest BCUT2D eigenvalue weighted by atomic mass is 19.1. The fourth-order valence-electron chi connectivity index (χ4n) is 1.04. The lowest BCUT2D eigenvalue weighted by Gasteiger charge is -2.10. The minimum absolute atomic E-state index is 0.0582. The summed E-state index contributed by atoms with van der Waals surface area (Å²) < 4.78 is 13.1. The fraction of sp³-hybridized carbons (Fsp3) is 0.333. The van der Waals surface area contributed by atoms with Gasteiger partial charge in [-0.05, 0) is 24.1 Å². The van der Waals surface area contributed by atoms with Gasteiger partial charge in [0.1, 0.15) is 0 Å². The monoisotopic (exact) mass is 169 g/mol. The lowest BCUT2D eigenvalue weighted by molar-refractivity contribution is 0.426. The van der Waals surface area contributed by atoms with Gasteiger partial charge in [0.05, 0.1) is 0 Å². The van der Waals surface area contributed by atoms with E-state index in [2.05, 4.69) is 0 Å². The predicted molar refractivity (Wildman–Crippen MR) is 45.5 cm³/mol. The molecule has 0 aliphatic heterocycles. The number of aromatic hydroxyl groups is 1. The standard InChI is InChI=1S/C9H12FNO/c1-6(5-11)7-3-2-4-8(12)9(7)10/h2-4,6,12H,5,11H2,1H3. The Kier molecular flexibility index (Phi) is 2.65. The summed E-state index contributed by atoms with van der Waals surface area (Å²) in [5.74, 6) is -0.930. The van der Waals surface area contributed by atoms with Crippen molar-refractivity contribution in [3.63, 3.8) is 0 Å². The quantitative estimate of drug-likeness (QED) is 0.706. The Hall–Kier alpha value is -1.09. The van der Waals surface area contributed by atoms with Gasteiger partial charge in [-0.2, -0.15) is 0 Å². The van der Waals surface area contributed by atoms with E-state index in [9.17, 15) is 4.39 Å². The summed E-state index contributed by atoms with van der Waals surface area (Å²) in [6, 6.07) is 4.56. The molecule has 0 amide bonds. The topological polar surface area (TPSA) is 46.2 Å². The molecule has 0 radical (unpaired) electrons. The Morgan fingerprint density at radius 1 is 1.58 bits per heavy atom. The van der Waals surface area contributed by atoms with Gasteiger partial charge in [-0.3, -0.25) is 0 Å². The molecule has 0 saturated carbocycles. The molecule has 1 unspecified atom stereocenters. The Bertz CT molecular complexity index is 275. The zero-order chi connectivity index (χ0) is 9.14. The zero-order valence-corrected chi connectivity index (χ0v) is 6.92. The molecule has 0 spiro atoms. The van der Waals surface area contributed by atoms with Gasteiger partial charge in [0.2, 0.25) is 0 Å². The molecule has 0 aliphatic carbocycles. The normalized spacial score (nSPS) is 12.9. The summed E-state index contributed by atoms with van der Waals surface area (Å²) in [5.41, 5.74) is 5.84. The van der Waals surface area contributed by atoms with Gasteiger partial charge in [-0.1, -0.05) is 19.1 Å². The molecule has 3 N–H and O–H groups in total. The van der Waals surface area contributed by atoms with E-state index >= 15 is 0 Å². The third kappa shape index (κ3) is 1.56. The molecule has 0 fully saturated rings. The van der Waals surface area contributed by atoms with Crippen molar-refractivity contribution in [2.75, 3.05) is 6.54 Å². The number of rotatable bonds is 2. The van der Waals surface area contributed by atoms with Crippen molar-refractivity contribution >= 4 is 0 Å². The highest BCUT2D eigenvalue weighted by Gasteiger charge is 2.11. The van der Waals surface area contributed by atoms with Crippen molar-refractivity contribution in [3.05, 3.63) is 29.6 Å². The predicted octanol–water partition coefficient (Wildman–Crippen LogP) is 1.59. The Labute approximate surface area is 70.8 Å². The van der Waals surface area contributed by atoms with Crippen molar-refractivity contribution in [2.24, 2.45) is 5.73 Å². The average molecular weight is 169 g/mol. The first-order chi connectivity index (χ1) is 5.66. The number of hydrogen-bond donors (Lipinski definition) is 2. The van der Waals surface area contributed by atoms with Gasteiger partial charge in [-0.25, -0.2) is 4.39 Å². The summed E-state index contributed by atoms with van der Waals surface area (Å²) in [7, 11) is 0. The van der Waals surface area contributed by atoms with Crippen LogP contribution in [0.25, 0.3) is 0 Å². The van der Waals surface area contributed by atoms with E-state index in [-0.39, 0.29) is 11.7 Å². The van der Waals surface area contributed by atoms with E-state index in [4.69, 9.17) is 10.8 Å². The summed E-state index contributed by atoms with van der Waals surface area (Å²) >= 11 is 0. The van der Waals surface area contributed by atoms with Gasteiger partial charge in [0, 0.05) is 0 Å². The van der Waals surface area contributed by atoms with E-state index in [1.807, 2.05) is 6.92 Å². The first-order valence-corrected chi connectivity index (χ1v) is 3.84. The van der Waals surface area contributed by atoms with E-state index in [0.717, 1.165) is 0 Å². The van der Waals surface area contributed by atoms with Crippen LogP contribution in [-0.2, 0) is 0 Å². The molecule has 0 bridgehead atoms. The van der Waals surface area contributed by atoms with Gasteiger partial charge in [0.25, 0.3) is 0 Å². The van der Waals surface area contributed by atoms with Crippen molar-refractivity contribution in [1.82, 2.24) is 0 Å². The first-order valence-electron chi connectivity index (χ1n) is 3.84. The van der Waals surface area contributed by atoms with Gasteiger partial charge in [-0.15, -0.1) is 0 Å². The Balaban J connectivity index is 3.07. The summed E-state index contributed by atoms with van der Waals surface area (Å²) in [5, 5.41) is 9.03. The minimum atomic E-state index is -0.560. The third-order valence-corrected chi connectivity index (χ3v) is 1.89. The molecule has 0 heterocycles. The number of phenolic OH excluding ortho intramolecular Hbond substituents is 1. The number of halogens is 1. The molecule has 0 saturated heterocycles. The second-order valence-electron chi connectivity index (χ2n) is 2.82. The van der Waals surface area contributed by atoms with Crippen LogP contribution in [0.3, 0.4) is 0 Å². The molecular formula is C9H12FNO. The third-order valence-electron chi connectivity index (χ3n) is 1.89. The SMILES string of the molecule is CC(CN)c1cccc(O)c1F. The number of benzene rings is 1. The highest BCUT2D eigenvalue weighted by molar-refractivity contribution is 5.31. The molecule has 1 aromatic rings. The number of nitrogens with two attached hydrogens (primary N) is 1. The van der Waals surface area contributed by atoms with Gasteiger partial charge in [0.15, 0.2) is 11.6 Å². The molecule has 1 aromatic carbocycles. The van der Waals surface area contributed by atoms with Gasteiger partial charge < -0.3 is 10.8 Å². The molecule has 2 nitrogen and oxygen atoms in total. The van der Waals surface area contributed by atoms with Crippen LogP contribution in [0.5, 0.6) is 5.75 Å². The van der Waals surface area contributed by atoms with E-state index in [1.165, 1.54) is 6.07 Å². The largest absolute Gasteiger partial charge is 0.505 e. The molecule has 1 atom stereocenters. The van der Waals surface area contributed by atoms with Crippen LogP contribution in [0.1, 0.15) is 18.4 Å². The van der Waals surface area contributed by atoms with Crippen LogP contribution < -0.4 is 5.73 Å². The van der Waals surface area contributed by atoms with Crippen LogP contribution in [0.15, 0.2) is 18.2 Å². The summed E-state index contributed by atoms with van der Waals surface area (Å²) in [6.45, 7) is 2.19. The first kappa shape index (κ1) is 9.00. The number of phenols is 1. The van der Waals surface area contributed by atoms with Crippen LogP contribution in [0, 0.1) is 5.82 Å². The maximum Gasteiger partial charge on any atom is 0.168 e. The van der Waals surface area contributed by atoms with Crippen LogP contribution in [0.4, 0.5) is 4.39 Å². The molecule has 1 rings (SSSR count). The zero-order valence-electron chi connectivity index (χ0n) is 6.92. The molecule has 12 heavy (non-hydrogen) atoms. The second kappa shape index (κ2) is 3.54. The highest BCUT2D eigenvalue weighted by Crippen LogP contribution is 2.24. The van der Waals surface area contributed by atoms with Gasteiger partial charge >= 0.3 is 0 Å². The molecule has 3 heteroatoms. The van der Waals surface area contributed by atoms with E-state index < -0.39 is 5.82 Å². The second-order valence-corrected chi connectivity index (χ2v) is 2.82. The summed E-state index contributed by atoms with van der Waals surface area (Å²) in [4.78, 5) is 0. The molecular weight excluding hydrogens is 157 g/mol. The maximum absolute atomic E-state index is 13.1. The lowest BCUT2D eigenvalue weighted by Crippen LogP contribution is -2.10. The van der Waals surface area contributed by atoms with E-state index in [0.29, 0.717) is 12.1 Å². The number of hydrogen-bond acceptors (Lipinski definition) is 2. The van der Waals surface area contributed by atoms with Crippen LogP contribution >= 0.6 is 0 Å². The fourth-order valence-corrected chi connectivity index (χ4v) is 1.04.